The van der Waals surface area contributed by atoms with Crippen molar-refractivity contribution < 1.29 is 4.79 Å². The van der Waals surface area contributed by atoms with Crippen LogP contribution in [0.4, 0.5) is 5.69 Å². The molecule has 1 aromatic heterocycles. The van der Waals surface area contributed by atoms with Gasteiger partial charge in [-0.25, -0.2) is 0 Å². The van der Waals surface area contributed by atoms with Crippen LogP contribution in [0.25, 0.3) is 11.4 Å². The fourth-order valence-electron chi connectivity index (χ4n) is 4.31. The monoisotopic (exact) mass is 473 g/mol. The second-order valence-electron chi connectivity index (χ2n) is 9.81. The van der Waals surface area contributed by atoms with Crippen LogP contribution in [-0.4, -0.2) is 26.4 Å². The lowest BCUT2D eigenvalue weighted by Gasteiger charge is -2.20. The number of carbonyl (C=O) groups is 1. The molecule has 34 heavy (non-hydrogen) atoms. The smallest absolute Gasteiger partial charge is 0.234 e. The highest BCUT2D eigenvalue weighted by atomic mass is 32.2. The summed E-state index contributed by atoms with van der Waals surface area (Å²) >= 11 is 1.43. The number of hydrogen-bond donors (Lipinski definition) is 1. The first-order chi connectivity index (χ1) is 16.3. The van der Waals surface area contributed by atoms with Gasteiger partial charge in [0.2, 0.25) is 5.91 Å². The van der Waals surface area contributed by atoms with Gasteiger partial charge >= 0.3 is 0 Å². The quantitative estimate of drug-likeness (QED) is 0.416. The Morgan fingerprint density at radius 1 is 1.09 bits per heavy atom. The van der Waals surface area contributed by atoms with E-state index in [9.17, 15) is 4.79 Å². The summed E-state index contributed by atoms with van der Waals surface area (Å²) in [4.78, 5) is 12.6. The number of anilines is 1. The largest absolute Gasteiger partial charge is 0.325 e. The standard InChI is InChI=1S/C27H31N5OS/c1-27(2,3)21-12-10-20(11-13-21)25-30-31-26(32(25)23-6-4-5-7-23)34-18-24(33)29-22-14-8-19(9-15-22)16-17-28/h8-15,23H,4-7,16,18H2,1-3H3,(H,29,33). The number of carbonyl (C=O) groups excluding carboxylic acids is 1. The van der Waals surface area contributed by atoms with E-state index in [2.05, 4.69) is 71.2 Å². The van der Waals surface area contributed by atoms with E-state index in [1.54, 1.807) is 0 Å². The minimum Gasteiger partial charge on any atom is -0.325 e. The normalized spacial score (nSPS) is 14.2. The fourth-order valence-corrected chi connectivity index (χ4v) is 5.11. The van der Waals surface area contributed by atoms with E-state index >= 15 is 0 Å². The van der Waals surface area contributed by atoms with Crippen molar-refractivity contribution in [1.29, 1.82) is 5.26 Å². The Balaban J connectivity index is 1.49. The van der Waals surface area contributed by atoms with Gasteiger partial charge in [0.15, 0.2) is 11.0 Å². The molecule has 1 N–H and O–H groups in total. The Labute approximate surface area is 205 Å². The first-order valence-electron chi connectivity index (χ1n) is 11.8. The number of rotatable bonds is 7. The van der Waals surface area contributed by atoms with Crippen molar-refractivity contribution in [3.8, 4) is 17.5 Å². The third-order valence-electron chi connectivity index (χ3n) is 6.22. The van der Waals surface area contributed by atoms with E-state index in [0.29, 0.717) is 12.5 Å². The van der Waals surface area contributed by atoms with Gasteiger partial charge in [0, 0.05) is 17.3 Å². The van der Waals surface area contributed by atoms with Crippen LogP contribution in [0.2, 0.25) is 0 Å². The Morgan fingerprint density at radius 2 is 1.76 bits per heavy atom. The van der Waals surface area contributed by atoms with Crippen molar-refractivity contribution >= 4 is 23.4 Å². The molecule has 0 aliphatic heterocycles. The number of nitrogens with one attached hydrogen (secondary N) is 1. The number of amides is 1. The SMILES string of the molecule is CC(C)(C)c1ccc(-c2nnc(SCC(=O)Nc3ccc(CC#N)cc3)n2C2CCCC2)cc1. The Hall–Kier alpha value is -3.11. The summed E-state index contributed by atoms with van der Waals surface area (Å²) in [5.41, 5.74) is 4.10. The lowest BCUT2D eigenvalue weighted by atomic mass is 9.86. The molecule has 0 saturated heterocycles. The average molecular weight is 474 g/mol. The number of aromatic nitrogens is 3. The molecule has 1 amide bonds. The number of thioether (sulfide) groups is 1. The Kier molecular flexibility index (Phi) is 7.38. The van der Waals surface area contributed by atoms with Crippen LogP contribution in [0, 0.1) is 11.3 Å². The van der Waals surface area contributed by atoms with Crippen molar-refractivity contribution in [2.45, 2.75) is 69.5 Å². The number of benzene rings is 2. The predicted octanol–water partition coefficient (Wildman–Crippen LogP) is 6.15. The minimum atomic E-state index is -0.0879. The average Bonchev–Trinajstić information content (AvgIpc) is 3.48. The van der Waals surface area contributed by atoms with Crippen molar-refractivity contribution in [3.05, 3.63) is 59.7 Å². The molecule has 1 saturated carbocycles. The molecule has 0 atom stereocenters. The van der Waals surface area contributed by atoms with Gasteiger partial charge in [-0.3, -0.25) is 9.36 Å². The molecular weight excluding hydrogens is 442 g/mol. The van der Waals surface area contributed by atoms with Gasteiger partial charge in [-0.2, -0.15) is 5.26 Å². The van der Waals surface area contributed by atoms with Crippen molar-refractivity contribution in [1.82, 2.24) is 14.8 Å². The maximum atomic E-state index is 12.6. The molecule has 0 bridgehead atoms. The van der Waals surface area contributed by atoms with E-state index in [-0.39, 0.29) is 17.1 Å². The summed E-state index contributed by atoms with van der Waals surface area (Å²) in [5.74, 6) is 1.05. The minimum absolute atomic E-state index is 0.0879. The molecular formula is C27H31N5OS. The van der Waals surface area contributed by atoms with E-state index in [4.69, 9.17) is 5.26 Å². The summed E-state index contributed by atoms with van der Waals surface area (Å²) in [7, 11) is 0. The second kappa shape index (κ2) is 10.4. The molecule has 6 nitrogen and oxygen atoms in total. The van der Waals surface area contributed by atoms with Gasteiger partial charge in [0.05, 0.1) is 18.2 Å². The van der Waals surface area contributed by atoms with Crippen LogP contribution in [0.1, 0.15) is 63.6 Å². The molecule has 4 rings (SSSR count). The molecule has 7 heteroatoms. The lowest BCUT2D eigenvalue weighted by Crippen LogP contribution is -2.15. The fraction of sp³-hybridized carbons (Fsp3) is 0.407. The summed E-state index contributed by atoms with van der Waals surface area (Å²) in [6, 6.07) is 18.5. The van der Waals surface area contributed by atoms with Crippen molar-refractivity contribution in [3.63, 3.8) is 0 Å². The topological polar surface area (TPSA) is 83.6 Å². The highest BCUT2D eigenvalue weighted by molar-refractivity contribution is 7.99. The number of nitrogens with zero attached hydrogens (tertiary/aromatic N) is 4. The zero-order chi connectivity index (χ0) is 24.1. The van der Waals surface area contributed by atoms with Gasteiger partial charge in [-0.1, -0.05) is 81.8 Å². The van der Waals surface area contributed by atoms with Crippen LogP contribution < -0.4 is 5.32 Å². The Morgan fingerprint density at radius 3 is 2.38 bits per heavy atom. The first kappa shape index (κ1) is 24.0. The maximum Gasteiger partial charge on any atom is 0.234 e. The van der Waals surface area contributed by atoms with E-state index in [1.807, 2.05) is 24.3 Å². The molecule has 1 aliphatic carbocycles. The molecule has 0 radical (unpaired) electrons. The molecule has 176 valence electrons. The molecule has 3 aromatic rings. The van der Waals surface area contributed by atoms with Gasteiger partial charge < -0.3 is 5.32 Å². The van der Waals surface area contributed by atoms with Gasteiger partial charge in [-0.05, 0) is 41.5 Å². The third-order valence-corrected chi connectivity index (χ3v) is 7.16. The highest BCUT2D eigenvalue weighted by Gasteiger charge is 2.25. The number of nitriles is 1. The van der Waals surface area contributed by atoms with Gasteiger partial charge in [-0.15, -0.1) is 10.2 Å². The molecule has 2 aromatic carbocycles. The number of hydrogen-bond acceptors (Lipinski definition) is 5. The molecule has 1 aliphatic rings. The van der Waals surface area contributed by atoms with Crippen molar-refractivity contribution in [2.75, 3.05) is 11.1 Å². The van der Waals surface area contributed by atoms with Crippen LogP contribution in [-0.2, 0) is 16.6 Å². The molecule has 1 fully saturated rings. The first-order valence-corrected chi connectivity index (χ1v) is 12.8. The van der Waals surface area contributed by atoms with Crippen molar-refractivity contribution in [2.24, 2.45) is 0 Å². The predicted molar refractivity (Wildman–Crippen MR) is 137 cm³/mol. The molecule has 1 heterocycles. The summed E-state index contributed by atoms with van der Waals surface area (Å²) in [5, 5.41) is 21.5. The van der Waals surface area contributed by atoms with Crippen LogP contribution in [0.5, 0.6) is 0 Å². The summed E-state index contributed by atoms with van der Waals surface area (Å²) in [6.07, 6.45) is 5.00. The lowest BCUT2D eigenvalue weighted by molar-refractivity contribution is -0.113. The third kappa shape index (κ3) is 5.68. The van der Waals surface area contributed by atoms with Crippen LogP contribution in [0.15, 0.2) is 53.7 Å². The summed E-state index contributed by atoms with van der Waals surface area (Å²) < 4.78 is 2.24. The van der Waals surface area contributed by atoms with Gasteiger partial charge in [0.25, 0.3) is 0 Å². The van der Waals surface area contributed by atoms with E-state index < -0.39 is 0 Å². The summed E-state index contributed by atoms with van der Waals surface area (Å²) in [6.45, 7) is 6.64. The molecule has 0 unspecified atom stereocenters. The second-order valence-corrected chi connectivity index (χ2v) is 10.8. The zero-order valence-electron chi connectivity index (χ0n) is 20.0. The van der Waals surface area contributed by atoms with E-state index in [1.165, 1.54) is 30.2 Å². The van der Waals surface area contributed by atoms with E-state index in [0.717, 1.165) is 40.6 Å². The zero-order valence-corrected chi connectivity index (χ0v) is 20.9. The maximum absolute atomic E-state index is 12.6. The highest BCUT2D eigenvalue weighted by Crippen LogP contribution is 2.37. The van der Waals surface area contributed by atoms with Gasteiger partial charge in [0.1, 0.15) is 0 Å². The molecule has 0 spiro atoms. The van der Waals surface area contributed by atoms with Crippen LogP contribution >= 0.6 is 11.8 Å². The Bertz CT molecular complexity index is 1160. The van der Waals surface area contributed by atoms with Crippen LogP contribution in [0.3, 0.4) is 0 Å².